The van der Waals surface area contributed by atoms with Crippen molar-refractivity contribution in [3.8, 4) is 6.07 Å². The first-order valence-corrected chi connectivity index (χ1v) is 7.60. The van der Waals surface area contributed by atoms with E-state index in [-0.39, 0.29) is 5.41 Å². The van der Waals surface area contributed by atoms with Crippen molar-refractivity contribution in [3.63, 3.8) is 0 Å². The molecule has 0 radical (unpaired) electrons. The fourth-order valence-electron chi connectivity index (χ4n) is 3.02. The van der Waals surface area contributed by atoms with E-state index in [1.807, 2.05) is 10.9 Å². The Morgan fingerprint density at radius 3 is 2.42 bits per heavy atom. The molecule has 19 heavy (non-hydrogen) atoms. The second kappa shape index (κ2) is 6.23. The van der Waals surface area contributed by atoms with E-state index in [0.29, 0.717) is 6.04 Å². The van der Waals surface area contributed by atoms with Crippen LogP contribution in [-0.4, -0.2) is 9.78 Å². The monoisotopic (exact) mass is 259 g/mol. The van der Waals surface area contributed by atoms with Gasteiger partial charge in [0.05, 0.1) is 17.2 Å². The maximum atomic E-state index is 9.65. The predicted molar refractivity (Wildman–Crippen MR) is 76.7 cm³/mol. The molecule has 3 heteroatoms. The molecular formula is C16H25N3. The smallest absolute Gasteiger partial charge is 0.0693 e. The van der Waals surface area contributed by atoms with Crippen LogP contribution < -0.4 is 0 Å². The highest BCUT2D eigenvalue weighted by atomic mass is 15.3. The van der Waals surface area contributed by atoms with E-state index < -0.39 is 0 Å². The molecule has 0 aliphatic heterocycles. The Morgan fingerprint density at radius 2 is 1.89 bits per heavy atom. The summed E-state index contributed by atoms with van der Waals surface area (Å²) in [5.74, 6) is 0. The first kappa shape index (κ1) is 14.1. The quantitative estimate of drug-likeness (QED) is 0.813. The van der Waals surface area contributed by atoms with E-state index in [4.69, 9.17) is 0 Å². The van der Waals surface area contributed by atoms with E-state index in [2.05, 4.69) is 31.1 Å². The van der Waals surface area contributed by atoms with E-state index >= 15 is 0 Å². The van der Waals surface area contributed by atoms with Crippen LogP contribution in [0.25, 0.3) is 0 Å². The van der Waals surface area contributed by atoms with E-state index in [0.717, 1.165) is 25.0 Å². The lowest BCUT2D eigenvalue weighted by atomic mass is 9.74. The van der Waals surface area contributed by atoms with Crippen LogP contribution in [-0.2, 0) is 6.42 Å². The van der Waals surface area contributed by atoms with Crippen molar-refractivity contribution in [3.05, 3.63) is 18.0 Å². The van der Waals surface area contributed by atoms with Crippen LogP contribution in [0.2, 0.25) is 0 Å². The minimum Gasteiger partial charge on any atom is -0.270 e. The molecule has 0 aromatic carbocycles. The summed E-state index contributed by atoms with van der Waals surface area (Å²) in [6, 6.07) is 5.10. The third-order valence-corrected chi connectivity index (χ3v) is 4.26. The van der Waals surface area contributed by atoms with Crippen molar-refractivity contribution in [2.45, 2.75) is 71.3 Å². The van der Waals surface area contributed by atoms with Gasteiger partial charge in [-0.3, -0.25) is 4.68 Å². The highest BCUT2D eigenvalue weighted by Gasteiger charge is 2.31. The van der Waals surface area contributed by atoms with Crippen LogP contribution >= 0.6 is 0 Å². The van der Waals surface area contributed by atoms with Gasteiger partial charge in [0, 0.05) is 18.7 Å². The summed E-state index contributed by atoms with van der Waals surface area (Å²) >= 11 is 0. The van der Waals surface area contributed by atoms with Crippen molar-refractivity contribution in [1.82, 2.24) is 9.78 Å². The maximum Gasteiger partial charge on any atom is 0.0693 e. The Kier molecular flexibility index (Phi) is 4.63. The van der Waals surface area contributed by atoms with Crippen molar-refractivity contribution in [2.75, 3.05) is 0 Å². The standard InChI is InChI=1S/C16H25N3/c1-14(2)19-11-8-15(18-19)12-16(13-17)9-6-4-3-5-7-10-16/h8,11,14H,3-7,9-10,12H2,1-2H3. The maximum absolute atomic E-state index is 9.65. The highest BCUT2D eigenvalue weighted by molar-refractivity contribution is 5.10. The molecular weight excluding hydrogens is 234 g/mol. The lowest BCUT2D eigenvalue weighted by Gasteiger charge is -2.27. The fraction of sp³-hybridized carbons (Fsp3) is 0.750. The second-order valence-corrected chi connectivity index (χ2v) is 6.22. The van der Waals surface area contributed by atoms with Crippen LogP contribution in [0.15, 0.2) is 12.3 Å². The Hall–Kier alpha value is -1.30. The van der Waals surface area contributed by atoms with Gasteiger partial charge in [0.15, 0.2) is 0 Å². The van der Waals surface area contributed by atoms with E-state index in [1.165, 1.54) is 32.1 Å². The lowest BCUT2D eigenvalue weighted by Crippen LogP contribution is -2.23. The molecule has 2 rings (SSSR count). The van der Waals surface area contributed by atoms with Crippen LogP contribution in [0.1, 0.15) is 70.5 Å². The molecule has 0 atom stereocenters. The minimum absolute atomic E-state index is 0.170. The molecule has 0 spiro atoms. The fourth-order valence-corrected chi connectivity index (χ4v) is 3.02. The summed E-state index contributed by atoms with van der Waals surface area (Å²) in [5, 5.41) is 14.3. The van der Waals surface area contributed by atoms with Gasteiger partial charge in [0.1, 0.15) is 0 Å². The van der Waals surface area contributed by atoms with E-state index in [1.54, 1.807) is 0 Å². The van der Waals surface area contributed by atoms with Gasteiger partial charge in [0.25, 0.3) is 0 Å². The third kappa shape index (κ3) is 3.59. The zero-order valence-electron chi connectivity index (χ0n) is 12.2. The van der Waals surface area contributed by atoms with Gasteiger partial charge in [-0.1, -0.05) is 32.1 Å². The molecule has 0 unspecified atom stereocenters. The van der Waals surface area contributed by atoms with Crippen LogP contribution in [0.4, 0.5) is 0 Å². The van der Waals surface area contributed by atoms with Gasteiger partial charge in [0.2, 0.25) is 0 Å². The minimum atomic E-state index is -0.170. The topological polar surface area (TPSA) is 41.6 Å². The Bertz CT molecular complexity index is 431. The van der Waals surface area contributed by atoms with Crippen molar-refractivity contribution < 1.29 is 0 Å². The molecule has 1 aliphatic rings. The lowest BCUT2D eigenvalue weighted by molar-refractivity contribution is 0.284. The summed E-state index contributed by atoms with van der Waals surface area (Å²) < 4.78 is 1.99. The Balaban J connectivity index is 2.09. The van der Waals surface area contributed by atoms with Crippen molar-refractivity contribution in [1.29, 1.82) is 5.26 Å². The molecule has 1 aromatic heterocycles. The van der Waals surface area contributed by atoms with Gasteiger partial charge in [-0.15, -0.1) is 0 Å². The van der Waals surface area contributed by atoms with E-state index in [9.17, 15) is 5.26 Å². The SMILES string of the molecule is CC(C)n1ccc(CC2(C#N)CCCCCCC2)n1. The zero-order valence-corrected chi connectivity index (χ0v) is 12.2. The average molecular weight is 259 g/mol. The number of hydrogen-bond acceptors (Lipinski definition) is 2. The first-order valence-electron chi connectivity index (χ1n) is 7.60. The first-order chi connectivity index (χ1) is 9.15. The molecule has 1 aromatic rings. The molecule has 104 valence electrons. The summed E-state index contributed by atoms with van der Waals surface area (Å²) in [6.07, 6.45) is 11.2. The molecule has 3 nitrogen and oxygen atoms in total. The van der Waals surface area contributed by atoms with Crippen molar-refractivity contribution in [2.24, 2.45) is 5.41 Å². The van der Waals surface area contributed by atoms with Gasteiger partial charge in [-0.2, -0.15) is 10.4 Å². The zero-order chi connectivity index (χ0) is 13.7. The summed E-state index contributed by atoms with van der Waals surface area (Å²) in [5.41, 5.74) is 0.909. The molecule has 1 fully saturated rings. The van der Waals surface area contributed by atoms with Gasteiger partial charge in [-0.05, 0) is 32.8 Å². The predicted octanol–water partition coefficient (Wildman–Crippen LogP) is 4.26. The molecule has 1 aliphatic carbocycles. The Morgan fingerprint density at radius 1 is 1.26 bits per heavy atom. The summed E-state index contributed by atoms with van der Waals surface area (Å²) in [6.45, 7) is 4.26. The summed E-state index contributed by atoms with van der Waals surface area (Å²) in [7, 11) is 0. The number of hydrogen-bond donors (Lipinski definition) is 0. The van der Waals surface area contributed by atoms with Crippen molar-refractivity contribution >= 4 is 0 Å². The van der Waals surface area contributed by atoms with Crippen LogP contribution in [0, 0.1) is 16.7 Å². The Labute approximate surface area is 116 Å². The molecule has 0 N–H and O–H groups in total. The largest absolute Gasteiger partial charge is 0.270 e. The number of nitrogens with zero attached hydrogens (tertiary/aromatic N) is 3. The van der Waals surface area contributed by atoms with Crippen LogP contribution in [0.3, 0.4) is 0 Å². The number of nitriles is 1. The third-order valence-electron chi connectivity index (χ3n) is 4.26. The molecule has 0 saturated heterocycles. The highest BCUT2D eigenvalue weighted by Crippen LogP contribution is 2.36. The number of aromatic nitrogens is 2. The molecule has 1 heterocycles. The van der Waals surface area contributed by atoms with Gasteiger partial charge < -0.3 is 0 Å². The average Bonchev–Trinajstić information content (AvgIpc) is 2.81. The molecule has 1 saturated carbocycles. The van der Waals surface area contributed by atoms with Gasteiger partial charge >= 0.3 is 0 Å². The van der Waals surface area contributed by atoms with Crippen LogP contribution in [0.5, 0.6) is 0 Å². The summed E-state index contributed by atoms with van der Waals surface area (Å²) in [4.78, 5) is 0. The second-order valence-electron chi connectivity index (χ2n) is 6.22. The molecule has 0 bridgehead atoms. The van der Waals surface area contributed by atoms with Gasteiger partial charge in [-0.25, -0.2) is 0 Å². The number of rotatable bonds is 3. The molecule has 0 amide bonds. The normalized spacial score (nSPS) is 19.7.